The second kappa shape index (κ2) is 6.33. The van der Waals surface area contributed by atoms with Crippen molar-refractivity contribution in [3.05, 3.63) is 52.8 Å². The van der Waals surface area contributed by atoms with E-state index in [1.807, 2.05) is 37.5 Å². The zero-order valence-electron chi connectivity index (χ0n) is 11.8. The van der Waals surface area contributed by atoms with Gasteiger partial charge in [0.1, 0.15) is 0 Å². The minimum atomic E-state index is -0.0386. The molecule has 0 saturated carbocycles. The first kappa shape index (κ1) is 14.2. The van der Waals surface area contributed by atoms with Gasteiger partial charge in [-0.3, -0.25) is 4.98 Å². The molecule has 0 fully saturated rings. The predicted molar refractivity (Wildman–Crippen MR) is 82.2 cm³/mol. The number of rotatable bonds is 3. The van der Waals surface area contributed by atoms with Gasteiger partial charge in [0.05, 0.1) is 19.3 Å². The Kier molecular flexibility index (Phi) is 4.27. The Labute approximate surface area is 129 Å². The van der Waals surface area contributed by atoms with Crippen molar-refractivity contribution in [3.63, 3.8) is 0 Å². The highest BCUT2D eigenvalue weighted by Crippen LogP contribution is 2.38. The van der Waals surface area contributed by atoms with Gasteiger partial charge in [-0.2, -0.15) is 0 Å². The Balaban J connectivity index is 2.02. The van der Waals surface area contributed by atoms with Gasteiger partial charge in [-0.1, -0.05) is 17.7 Å². The van der Waals surface area contributed by atoms with E-state index < -0.39 is 0 Å². The highest BCUT2D eigenvalue weighted by atomic mass is 35.5. The van der Waals surface area contributed by atoms with E-state index in [1.165, 1.54) is 0 Å². The summed E-state index contributed by atoms with van der Waals surface area (Å²) in [5, 5.41) is 3.93. The number of fused-ring (bicyclic) bond motifs is 1. The number of halogens is 1. The fourth-order valence-electron chi connectivity index (χ4n) is 2.47. The molecule has 2 aromatic rings. The Morgan fingerprint density at radius 3 is 2.67 bits per heavy atom. The molecule has 1 aliphatic heterocycles. The lowest BCUT2D eigenvalue weighted by atomic mass is 10.00. The van der Waals surface area contributed by atoms with Crippen LogP contribution in [-0.2, 0) is 0 Å². The van der Waals surface area contributed by atoms with Crippen LogP contribution in [0.2, 0.25) is 5.02 Å². The first-order valence-corrected chi connectivity index (χ1v) is 7.33. The summed E-state index contributed by atoms with van der Waals surface area (Å²) in [5.41, 5.74) is 2.01. The van der Waals surface area contributed by atoms with Gasteiger partial charge in [0, 0.05) is 29.9 Å². The monoisotopic (exact) mass is 304 g/mol. The summed E-state index contributed by atoms with van der Waals surface area (Å²) in [7, 11) is 1.90. The van der Waals surface area contributed by atoms with Gasteiger partial charge >= 0.3 is 0 Å². The first-order valence-electron chi connectivity index (χ1n) is 6.96. The Morgan fingerprint density at radius 1 is 1.24 bits per heavy atom. The minimum Gasteiger partial charge on any atom is -0.490 e. The fraction of sp³-hybridized carbons (Fsp3) is 0.312. The van der Waals surface area contributed by atoms with Crippen LogP contribution in [0.4, 0.5) is 0 Å². The van der Waals surface area contributed by atoms with E-state index in [0.29, 0.717) is 24.0 Å². The van der Waals surface area contributed by atoms with Crippen molar-refractivity contribution in [2.24, 2.45) is 0 Å². The van der Waals surface area contributed by atoms with E-state index >= 15 is 0 Å². The average Bonchev–Trinajstić information content (AvgIpc) is 2.74. The second-order valence-electron chi connectivity index (χ2n) is 4.88. The number of aromatic nitrogens is 1. The van der Waals surface area contributed by atoms with Crippen LogP contribution < -0.4 is 14.8 Å². The number of nitrogens with one attached hydrogen (secondary N) is 1. The number of hydrogen-bond acceptors (Lipinski definition) is 4. The molecule has 0 saturated heterocycles. The van der Waals surface area contributed by atoms with Crippen LogP contribution >= 0.6 is 11.6 Å². The van der Waals surface area contributed by atoms with Gasteiger partial charge < -0.3 is 14.8 Å². The largest absolute Gasteiger partial charge is 0.490 e. The maximum atomic E-state index is 6.44. The van der Waals surface area contributed by atoms with Gasteiger partial charge in [0.25, 0.3) is 0 Å². The molecule has 4 nitrogen and oxygen atoms in total. The van der Waals surface area contributed by atoms with Crippen LogP contribution in [0.5, 0.6) is 11.5 Å². The molecule has 1 aromatic carbocycles. The highest BCUT2D eigenvalue weighted by Gasteiger charge is 2.20. The third kappa shape index (κ3) is 2.96. The molecule has 1 N–H and O–H groups in total. The van der Waals surface area contributed by atoms with E-state index in [9.17, 15) is 0 Å². The minimum absolute atomic E-state index is 0.0386. The lowest BCUT2D eigenvalue weighted by Gasteiger charge is -2.20. The third-order valence-corrected chi connectivity index (χ3v) is 3.81. The second-order valence-corrected chi connectivity index (χ2v) is 5.29. The van der Waals surface area contributed by atoms with Gasteiger partial charge in [-0.25, -0.2) is 0 Å². The van der Waals surface area contributed by atoms with Crippen LogP contribution in [0.1, 0.15) is 23.6 Å². The van der Waals surface area contributed by atoms with E-state index in [2.05, 4.69) is 10.3 Å². The van der Waals surface area contributed by atoms with Crippen LogP contribution in [-0.4, -0.2) is 25.2 Å². The quantitative estimate of drug-likeness (QED) is 0.945. The highest BCUT2D eigenvalue weighted by molar-refractivity contribution is 6.31. The van der Waals surface area contributed by atoms with Crippen molar-refractivity contribution in [2.75, 3.05) is 20.3 Å². The zero-order chi connectivity index (χ0) is 14.7. The Hall–Kier alpha value is -1.78. The lowest BCUT2D eigenvalue weighted by Crippen LogP contribution is -2.18. The smallest absolute Gasteiger partial charge is 0.162 e. The van der Waals surface area contributed by atoms with Gasteiger partial charge in [-0.05, 0) is 30.3 Å². The molecule has 1 unspecified atom stereocenters. The normalized spacial score (nSPS) is 15.3. The van der Waals surface area contributed by atoms with Crippen molar-refractivity contribution in [1.82, 2.24) is 10.3 Å². The molecular formula is C16H17ClN2O2. The summed E-state index contributed by atoms with van der Waals surface area (Å²) < 4.78 is 11.4. The molecule has 110 valence electrons. The number of nitrogens with zero attached hydrogens (tertiary/aromatic N) is 1. The molecule has 1 aliphatic rings. The molecule has 0 radical (unpaired) electrons. The zero-order valence-corrected chi connectivity index (χ0v) is 12.6. The summed E-state index contributed by atoms with van der Waals surface area (Å²) in [6.07, 6.45) is 4.46. The number of pyridine rings is 1. The van der Waals surface area contributed by atoms with E-state index in [0.717, 1.165) is 23.3 Å². The van der Waals surface area contributed by atoms with Crippen LogP contribution in [0.15, 0.2) is 36.7 Å². The van der Waals surface area contributed by atoms with Gasteiger partial charge in [0.2, 0.25) is 0 Å². The standard InChI is InChI=1S/C16H17ClN2O2/c1-18-16(11-4-2-5-19-10-11)12-8-14-15(9-13(12)17)21-7-3-6-20-14/h2,4-5,8-10,16,18H,3,6-7H2,1H3. The lowest BCUT2D eigenvalue weighted by molar-refractivity contribution is 0.297. The van der Waals surface area contributed by atoms with Gasteiger partial charge in [0.15, 0.2) is 11.5 Å². The topological polar surface area (TPSA) is 43.4 Å². The molecule has 1 aromatic heterocycles. The third-order valence-electron chi connectivity index (χ3n) is 3.48. The average molecular weight is 305 g/mol. The molecule has 2 heterocycles. The summed E-state index contributed by atoms with van der Waals surface area (Å²) in [6.45, 7) is 1.31. The van der Waals surface area contributed by atoms with E-state index in [1.54, 1.807) is 6.20 Å². The molecule has 21 heavy (non-hydrogen) atoms. The Morgan fingerprint density at radius 2 is 2.00 bits per heavy atom. The summed E-state index contributed by atoms with van der Waals surface area (Å²) in [4.78, 5) is 4.17. The maximum Gasteiger partial charge on any atom is 0.162 e. The van der Waals surface area contributed by atoms with Crippen LogP contribution in [0.3, 0.4) is 0 Å². The molecule has 0 amide bonds. The number of hydrogen-bond donors (Lipinski definition) is 1. The number of ether oxygens (including phenoxy) is 2. The fourth-order valence-corrected chi connectivity index (χ4v) is 2.73. The van der Waals surface area contributed by atoms with Crippen molar-refractivity contribution in [2.45, 2.75) is 12.5 Å². The van der Waals surface area contributed by atoms with Crippen molar-refractivity contribution < 1.29 is 9.47 Å². The van der Waals surface area contributed by atoms with Crippen molar-refractivity contribution >= 4 is 11.6 Å². The molecule has 3 rings (SSSR count). The van der Waals surface area contributed by atoms with Gasteiger partial charge in [-0.15, -0.1) is 0 Å². The van der Waals surface area contributed by atoms with E-state index in [-0.39, 0.29) is 6.04 Å². The molecule has 0 spiro atoms. The number of benzene rings is 1. The summed E-state index contributed by atoms with van der Waals surface area (Å²) in [6, 6.07) is 7.68. The SMILES string of the molecule is CNC(c1cccnc1)c1cc2c(cc1Cl)OCCCO2. The van der Waals surface area contributed by atoms with Crippen molar-refractivity contribution in [3.8, 4) is 11.5 Å². The summed E-state index contributed by atoms with van der Waals surface area (Å²) in [5.74, 6) is 1.46. The molecule has 1 atom stereocenters. The molecule has 0 aliphatic carbocycles. The van der Waals surface area contributed by atoms with Crippen LogP contribution in [0, 0.1) is 0 Å². The molecule has 0 bridgehead atoms. The molecular weight excluding hydrogens is 288 g/mol. The maximum absolute atomic E-state index is 6.44. The van der Waals surface area contributed by atoms with E-state index in [4.69, 9.17) is 21.1 Å². The Bertz CT molecular complexity index is 619. The summed E-state index contributed by atoms with van der Waals surface area (Å²) >= 11 is 6.44. The molecule has 5 heteroatoms. The van der Waals surface area contributed by atoms with Crippen molar-refractivity contribution in [1.29, 1.82) is 0 Å². The van der Waals surface area contributed by atoms with Crippen LogP contribution in [0.25, 0.3) is 0 Å². The predicted octanol–water partition coefficient (Wildman–Crippen LogP) is 3.21. The first-order chi connectivity index (χ1) is 10.3.